The van der Waals surface area contributed by atoms with Crippen LogP contribution in [-0.4, -0.2) is 19.2 Å². The normalized spacial score (nSPS) is 23.8. The lowest BCUT2D eigenvalue weighted by atomic mass is 10.3. The Kier molecular flexibility index (Phi) is 2.82. The van der Waals surface area contributed by atoms with Crippen molar-refractivity contribution in [3.05, 3.63) is 12.2 Å². The van der Waals surface area contributed by atoms with Crippen LogP contribution < -0.4 is 4.72 Å². The number of sulfonamides is 1. The first-order valence-corrected chi connectivity index (χ1v) is 6.00. The van der Waals surface area contributed by atoms with E-state index in [0.29, 0.717) is 0 Å². The average molecular weight is 203 g/mol. The molecule has 1 aliphatic carbocycles. The highest BCUT2D eigenvalue weighted by Gasteiger charge is 2.30. The van der Waals surface area contributed by atoms with Gasteiger partial charge in [0.1, 0.15) is 0 Å². The van der Waals surface area contributed by atoms with E-state index < -0.39 is 14.8 Å². The molecule has 1 N–H and O–H groups in total. The van der Waals surface area contributed by atoms with Crippen molar-refractivity contribution in [2.45, 2.75) is 44.4 Å². The van der Waals surface area contributed by atoms with Crippen molar-refractivity contribution in [1.29, 1.82) is 0 Å². The molecule has 0 radical (unpaired) electrons. The zero-order valence-corrected chi connectivity index (χ0v) is 9.19. The lowest BCUT2D eigenvalue weighted by Crippen LogP contribution is -2.43. The molecule has 0 bridgehead atoms. The summed E-state index contributed by atoms with van der Waals surface area (Å²) in [4.78, 5) is 0. The first-order chi connectivity index (χ1) is 5.83. The maximum atomic E-state index is 11.7. The van der Waals surface area contributed by atoms with Crippen LogP contribution in [-0.2, 0) is 10.0 Å². The molecule has 0 spiro atoms. The predicted molar refractivity (Wildman–Crippen MR) is 54.0 cm³/mol. The third-order valence-electron chi connectivity index (χ3n) is 2.13. The summed E-state index contributed by atoms with van der Waals surface area (Å²) in [6, 6.07) is 0.00391. The molecule has 13 heavy (non-hydrogen) atoms. The molecule has 0 fully saturated rings. The monoisotopic (exact) mass is 203 g/mol. The maximum Gasteiger partial charge on any atom is 0.217 e. The fourth-order valence-corrected chi connectivity index (χ4v) is 2.06. The maximum absolute atomic E-state index is 11.7. The van der Waals surface area contributed by atoms with Crippen molar-refractivity contribution >= 4 is 10.0 Å². The molecular formula is C9H17NO2S. The van der Waals surface area contributed by atoms with Gasteiger partial charge in [-0.2, -0.15) is 0 Å². The van der Waals surface area contributed by atoms with Gasteiger partial charge in [-0.3, -0.25) is 0 Å². The standard InChI is InChI=1S/C9H17NO2S/c1-9(2,3)13(11,12)10-8-6-4-5-7-8/h4,6,8,10H,5,7H2,1-3H3/t8-/m1/s1. The molecule has 1 rings (SSSR count). The van der Waals surface area contributed by atoms with E-state index in [4.69, 9.17) is 0 Å². The summed E-state index contributed by atoms with van der Waals surface area (Å²) in [5.41, 5.74) is 0. The summed E-state index contributed by atoms with van der Waals surface area (Å²) in [7, 11) is -3.18. The lowest BCUT2D eigenvalue weighted by molar-refractivity contribution is 0.534. The summed E-state index contributed by atoms with van der Waals surface area (Å²) in [5.74, 6) is 0. The number of rotatable bonds is 2. The third kappa shape index (κ3) is 2.54. The highest BCUT2D eigenvalue weighted by molar-refractivity contribution is 7.90. The van der Waals surface area contributed by atoms with Crippen molar-refractivity contribution in [3.8, 4) is 0 Å². The van der Waals surface area contributed by atoms with Crippen LogP contribution in [0.4, 0.5) is 0 Å². The Morgan fingerprint density at radius 2 is 2.00 bits per heavy atom. The van der Waals surface area contributed by atoms with Crippen LogP contribution in [0, 0.1) is 0 Å². The van der Waals surface area contributed by atoms with E-state index in [9.17, 15) is 8.42 Å². The Bertz CT molecular complexity index is 298. The van der Waals surface area contributed by atoms with Gasteiger partial charge in [0.25, 0.3) is 0 Å². The molecule has 0 amide bonds. The van der Waals surface area contributed by atoms with Crippen LogP contribution >= 0.6 is 0 Å². The molecule has 1 aliphatic rings. The van der Waals surface area contributed by atoms with Crippen LogP contribution in [0.5, 0.6) is 0 Å². The van der Waals surface area contributed by atoms with E-state index in [1.165, 1.54) is 0 Å². The topological polar surface area (TPSA) is 46.2 Å². The van der Waals surface area contributed by atoms with Crippen LogP contribution in [0.15, 0.2) is 12.2 Å². The Hall–Kier alpha value is -0.350. The summed E-state index contributed by atoms with van der Waals surface area (Å²) >= 11 is 0. The van der Waals surface area contributed by atoms with Crippen LogP contribution in [0.25, 0.3) is 0 Å². The summed E-state index contributed by atoms with van der Waals surface area (Å²) in [6.45, 7) is 5.11. The van der Waals surface area contributed by atoms with Crippen LogP contribution in [0.3, 0.4) is 0 Å². The van der Waals surface area contributed by atoms with Gasteiger partial charge in [-0.1, -0.05) is 12.2 Å². The van der Waals surface area contributed by atoms with Gasteiger partial charge in [-0.05, 0) is 33.6 Å². The molecule has 4 heteroatoms. The number of nitrogens with one attached hydrogen (secondary N) is 1. The fourth-order valence-electron chi connectivity index (χ4n) is 1.11. The molecule has 1 atom stereocenters. The molecule has 0 saturated carbocycles. The Labute approximate surface area is 80.3 Å². The van der Waals surface area contributed by atoms with Gasteiger partial charge in [-0.25, -0.2) is 13.1 Å². The summed E-state index contributed by atoms with van der Waals surface area (Å²) < 4.78 is 25.3. The minimum Gasteiger partial charge on any atom is -0.212 e. The smallest absolute Gasteiger partial charge is 0.212 e. The fraction of sp³-hybridized carbons (Fsp3) is 0.778. The first-order valence-electron chi connectivity index (χ1n) is 4.51. The molecule has 0 saturated heterocycles. The van der Waals surface area contributed by atoms with Crippen molar-refractivity contribution in [3.63, 3.8) is 0 Å². The molecule has 76 valence electrons. The molecule has 0 unspecified atom stereocenters. The molecule has 0 heterocycles. The van der Waals surface area contributed by atoms with E-state index in [1.807, 2.05) is 12.2 Å². The molecule has 0 aromatic heterocycles. The second-order valence-electron chi connectivity index (χ2n) is 4.35. The average Bonchev–Trinajstić information content (AvgIpc) is 2.35. The van der Waals surface area contributed by atoms with Gasteiger partial charge in [0.2, 0.25) is 10.0 Å². The molecule has 0 aromatic rings. The number of allylic oxidation sites excluding steroid dienone is 1. The third-order valence-corrected chi connectivity index (χ3v) is 4.35. The Balaban J connectivity index is 2.68. The second kappa shape index (κ2) is 3.42. The van der Waals surface area contributed by atoms with Crippen molar-refractivity contribution in [2.24, 2.45) is 0 Å². The zero-order chi connectivity index (χ0) is 10.1. The molecule has 0 aliphatic heterocycles. The van der Waals surface area contributed by atoms with E-state index in [2.05, 4.69) is 4.72 Å². The summed E-state index contributed by atoms with van der Waals surface area (Å²) in [6.07, 6.45) is 5.78. The quantitative estimate of drug-likeness (QED) is 0.690. The number of hydrogen-bond donors (Lipinski definition) is 1. The lowest BCUT2D eigenvalue weighted by Gasteiger charge is -2.22. The van der Waals surface area contributed by atoms with Crippen molar-refractivity contribution < 1.29 is 8.42 Å². The van der Waals surface area contributed by atoms with Crippen molar-refractivity contribution in [1.82, 2.24) is 4.72 Å². The van der Waals surface area contributed by atoms with Crippen molar-refractivity contribution in [2.75, 3.05) is 0 Å². The largest absolute Gasteiger partial charge is 0.217 e. The molecule has 3 nitrogen and oxygen atoms in total. The van der Waals surface area contributed by atoms with Gasteiger partial charge in [0, 0.05) is 6.04 Å². The predicted octanol–water partition coefficient (Wildman–Crippen LogP) is 1.42. The molecule has 0 aromatic carbocycles. The van der Waals surface area contributed by atoms with E-state index in [-0.39, 0.29) is 6.04 Å². The van der Waals surface area contributed by atoms with E-state index in [1.54, 1.807) is 20.8 Å². The highest BCUT2D eigenvalue weighted by atomic mass is 32.2. The van der Waals surface area contributed by atoms with Gasteiger partial charge < -0.3 is 0 Å². The van der Waals surface area contributed by atoms with Crippen LogP contribution in [0.2, 0.25) is 0 Å². The van der Waals surface area contributed by atoms with Gasteiger partial charge in [0.15, 0.2) is 0 Å². The SMILES string of the molecule is CC(C)(C)S(=O)(=O)N[C@@H]1C=CCC1. The van der Waals surface area contributed by atoms with Gasteiger partial charge >= 0.3 is 0 Å². The van der Waals surface area contributed by atoms with Crippen LogP contribution in [0.1, 0.15) is 33.6 Å². The van der Waals surface area contributed by atoms with E-state index >= 15 is 0 Å². The van der Waals surface area contributed by atoms with Gasteiger partial charge in [-0.15, -0.1) is 0 Å². The van der Waals surface area contributed by atoms with Gasteiger partial charge in [0.05, 0.1) is 4.75 Å². The minimum atomic E-state index is -3.18. The Morgan fingerprint density at radius 3 is 2.38 bits per heavy atom. The number of hydrogen-bond acceptors (Lipinski definition) is 2. The van der Waals surface area contributed by atoms with E-state index in [0.717, 1.165) is 12.8 Å². The second-order valence-corrected chi connectivity index (χ2v) is 6.81. The Morgan fingerprint density at radius 1 is 1.38 bits per heavy atom. The first kappa shape index (κ1) is 10.7. The molecular weight excluding hydrogens is 186 g/mol. The minimum absolute atomic E-state index is 0.00391. The summed E-state index contributed by atoms with van der Waals surface area (Å²) in [5, 5.41) is 0. The zero-order valence-electron chi connectivity index (χ0n) is 8.37. The highest BCUT2D eigenvalue weighted by Crippen LogP contribution is 2.17.